The lowest BCUT2D eigenvalue weighted by Crippen LogP contribution is -2.45. The molecule has 4 fully saturated rings. The van der Waals surface area contributed by atoms with Crippen molar-refractivity contribution in [1.82, 2.24) is 14.9 Å². The molecule has 2 aromatic rings. The highest BCUT2D eigenvalue weighted by Crippen LogP contribution is 2.59. The summed E-state index contributed by atoms with van der Waals surface area (Å²) in [5.41, 5.74) is 0.507. The number of alkyl halides is 3. The Bertz CT molecular complexity index is 1050. The van der Waals surface area contributed by atoms with Crippen LogP contribution in [-0.4, -0.2) is 53.1 Å². The minimum Gasteiger partial charge on any atom is -0.355 e. The first-order chi connectivity index (χ1) is 15.3. The number of aromatic nitrogens is 2. The van der Waals surface area contributed by atoms with Crippen molar-refractivity contribution in [2.75, 3.05) is 31.1 Å². The molecule has 0 bridgehead atoms. The van der Waals surface area contributed by atoms with Crippen molar-refractivity contribution in [1.29, 1.82) is 0 Å². The van der Waals surface area contributed by atoms with E-state index >= 15 is 0 Å². The number of fused-ring (bicyclic) bond motifs is 2. The van der Waals surface area contributed by atoms with Crippen molar-refractivity contribution in [3.8, 4) is 0 Å². The molecule has 9 heteroatoms. The number of halogens is 3. The monoisotopic (exact) mass is 464 g/mol. The fourth-order valence-corrected chi connectivity index (χ4v) is 7.30. The third-order valence-corrected chi connectivity index (χ3v) is 9.20. The molecule has 2 saturated heterocycles. The first-order valence-corrected chi connectivity index (χ1v) is 12.4. The maximum Gasteiger partial charge on any atom is 0.393 e. The van der Waals surface area contributed by atoms with E-state index < -0.39 is 12.6 Å². The van der Waals surface area contributed by atoms with E-state index in [0.717, 1.165) is 62.6 Å². The van der Waals surface area contributed by atoms with Gasteiger partial charge in [0.05, 0.1) is 11.8 Å². The summed E-state index contributed by atoms with van der Waals surface area (Å²) in [5, 5.41) is 0.712. The molecular weight excluding hydrogens is 437 g/mol. The Labute approximate surface area is 189 Å². The zero-order valence-corrected chi connectivity index (χ0v) is 18.7. The standard InChI is InChI=1S/C23H27F3N4OS/c24-23(25,26)9-17-7-18-19(27-13-28-20(18)32-17)30-10-15-2-6-29(11-16(15)12-30)21(31)14-1-3-22(8-14)4-5-22/h7,13-16H,1-6,8-12H2/t14-,15-,16+/m0/s1. The van der Waals surface area contributed by atoms with E-state index in [1.165, 1.54) is 25.6 Å². The molecule has 4 heterocycles. The van der Waals surface area contributed by atoms with Gasteiger partial charge in [-0.25, -0.2) is 9.97 Å². The summed E-state index contributed by atoms with van der Waals surface area (Å²) in [6, 6.07) is 1.61. The van der Waals surface area contributed by atoms with Crippen LogP contribution in [0.15, 0.2) is 12.4 Å². The van der Waals surface area contributed by atoms with Crippen LogP contribution in [0.3, 0.4) is 0 Å². The molecule has 4 aliphatic rings. The quantitative estimate of drug-likeness (QED) is 0.663. The molecule has 2 aromatic heterocycles. The Morgan fingerprint density at radius 2 is 1.94 bits per heavy atom. The molecule has 0 radical (unpaired) electrons. The third kappa shape index (κ3) is 3.76. The largest absolute Gasteiger partial charge is 0.393 e. The maximum absolute atomic E-state index is 13.1. The molecule has 1 amide bonds. The molecule has 0 N–H and O–H groups in total. The van der Waals surface area contributed by atoms with E-state index in [2.05, 4.69) is 19.8 Å². The minimum absolute atomic E-state index is 0.214. The van der Waals surface area contributed by atoms with Crippen LogP contribution in [0.4, 0.5) is 19.0 Å². The van der Waals surface area contributed by atoms with Crippen LogP contribution >= 0.6 is 11.3 Å². The van der Waals surface area contributed by atoms with Gasteiger partial charge < -0.3 is 9.80 Å². The van der Waals surface area contributed by atoms with E-state index in [1.54, 1.807) is 6.07 Å². The molecular formula is C23H27F3N4OS. The van der Waals surface area contributed by atoms with Crippen LogP contribution in [0.25, 0.3) is 10.2 Å². The second-order valence-electron chi connectivity index (χ2n) is 10.4. The van der Waals surface area contributed by atoms with Gasteiger partial charge in [0, 0.05) is 37.0 Å². The number of anilines is 1. The van der Waals surface area contributed by atoms with Gasteiger partial charge in [0.25, 0.3) is 0 Å². The van der Waals surface area contributed by atoms with E-state index in [4.69, 9.17) is 0 Å². The second kappa shape index (κ2) is 7.30. The Hall–Kier alpha value is -1.90. The zero-order chi connectivity index (χ0) is 22.1. The lowest BCUT2D eigenvalue weighted by molar-refractivity contribution is -0.137. The minimum atomic E-state index is -4.23. The Balaban J connectivity index is 1.16. The van der Waals surface area contributed by atoms with Gasteiger partial charge in [-0.15, -0.1) is 11.3 Å². The highest BCUT2D eigenvalue weighted by atomic mass is 32.1. The number of hydrogen-bond donors (Lipinski definition) is 0. The molecule has 2 aliphatic carbocycles. The summed E-state index contributed by atoms with van der Waals surface area (Å²) in [4.78, 5) is 27.0. The Morgan fingerprint density at radius 1 is 1.12 bits per heavy atom. The van der Waals surface area contributed by atoms with Crippen LogP contribution in [-0.2, 0) is 11.2 Å². The number of carbonyl (C=O) groups excluding carboxylic acids is 1. The number of thiophene rings is 1. The fourth-order valence-electron chi connectivity index (χ4n) is 6.28. The summed E-state index contributed by atoms with van der Waals surface area (Å²) < 4.78 is 38.6. The molecule has 1 spiro atoms. The number of carbonyl (C=O) groups is 1. The number of likely N-dealkylation sites (tertiary alicyclic amines) is 1. The van der Waals surface area contributed by atoms with Crippen LogP contribution < -0.4 is 4.90 Å². The number of rotatable bonds is 3. The van der Waals surface area contributed by atoms with Crippen molar-refractivity contribution in [3.63, 3.8) is 0 Å². The lowest BCUT2D eigenvalue weighted by atomic mass is 9.88. The van der Waals surface area contributed by atoms with Crippen LogP contribution in [0.5, 0.6) is 0 Å². The number of piperidine rings is 1. The molecule has 5 nitrogen and oxygen atoms in total. The highest BCUT2D eigenvalue weighted by Gasteiger charge is 2.51. The van der Waals surface area contributed by atoms with E-state index in [1.807, 2.05) is 0 Å². The van der Waals surface area contributed by atoms with Gasteiger partial charge in [0.1, 0.15) is 17.0 Å². The predicted octanol–water partition coefficient (Wildman–Crippen LogP) is 4.66. The zero-order valence-electron chi connectivity index (χ0n) is 17.9. The summed E-state index contributed by atoms with van der Waals surface area (Å²) >= 11 is 1.10. The van der Waals surface area contributed by atoms with Crippen LogP contribution in [0.2, 0.25) is 0 Å². The lowest BCUT2D eigenvalue weighted by Gasteiger charge is -2.35. The molecule has 32 heavy (non-hydrogen) atoms. The van der Waals surface area contributed by atoms with Gasteiger partial charge in [-0.2, -0.15) is 13.2 Å². The summed E-state index contributed by atoms with van der Waals surface area (Å²) in [6.07, 6.45) is 3.24. The first-order valence-electron chi connectivity index (χ1n) is 11.6. The van der Waals surface area contributed by atoms with Gasteiger partial charge in [-0.1, -0.05) is 0 Å². The van der Waals surface area contributed by atoms with Crippen LogP contribution in [0, 0.1) is 23.2 Å². The van der Waals surface area contributed by atoms with Gasteiger partial charge in [0.2, 0.25) is 5.91 Å². The number of hydrogen-bond acceptors (Lipinski definition) is 5. The molecule has 6 rings (SSSR count). The van der Waals surface area contributed by atoms with Gasteiger partial charge >= 0.3 is 6.18 Å². The predicted molar refractivity (Wildman–Crippen MR) is 117 cm³/mol. The second-order valence-corrected chi connectivity index (χ2v) is 11.5. The van der Waals surface area contributed by atoms with Gasteiger partial charge in [0.15, 0.2) is 0 Å². The molecule has 172 valence electrons. The highest BCUT2D eigenvalue weighted by molar-refractivity contribution is 7.18. The molecule has 2 aliphatic heterocycles. The van der Waals surface area contributed by atoms with E-state index in [9.17, 15) is 18.0 Å². The SMILES string of the molecule is O=C([C@H]1CCC2(CC2)C1)N1CC[C@H]2CN(c3ncnc4sc(CC(F)(F)F)cc34)C[C@H]2C1. The third-order valence-electron chi connectivity index (χ3n) is 8.16. The molecule has 3 atom stereocenters. The Kier molecular flexibility index (Phi) is 4.72. The van der Waals surface area contributed by atoms with Crippen molar-refractivity contribution >= 4 is 33.3 Å². The molecule has 2 saturated carbocycles. The Morgan fingerprint density at radius 3 is 2.69 bits per heavy atom. The molecule has 0 unspecified atom stereocenters. The van der Waals surface area contributed by atoms with E-state index in [-0.39, 0.29) is 10.8 Å². The summed E-state index contributed by atoms with van der Waals surface area (Å²) in [5.74, 6) is 2.19. The van der Waals surface area contributed by atoms with Crippen molar-refractivity contribution in [3.05, 3.63) is 17.3 Å². The average molecular weight is 465 g/mol. The number of amides is 1. The topological polar surface area (TPSA) is 49.3 Å². The summed E-state index contributed by atoms with van der Waals surface area (Å²) in [6.45, 7) is 3.25. The average Bonchev–Trinajstić information content (AvgIpc) is 3.07. The van der Waals surface area contributed by atoms with Crippen molar-refractivity contribution in [2.24, 2.45) is 23.2 Å². The van der Waals surface area contributed by atoms with Gasteiger partial charge in [-0.3, -0.25) is 4.79 Å². The maximum atomic E-state index is 13.1. The van der Waals surface area contributed by atoms with Gasteiger partial charge in [-0.05, 0) is 61.8 Å². The number of nitrogens with zero attached hydrogens (tertiary/aromatic N) is 4. The van der Waals surface area contributed by atoms with Crippen molar-refractivity contribution < 1.29 is 18.0 Å². The van der Waals surface area contributed by atoms with Crippen LogP contribution in [0.1, 0.15) is 43.4 Å². The normalized spacial score (nSPS) is 29.2. The van der Waals surface area contributed by atoms with Crippen molar-refractivity contribution in [2.45, 2.75) is 51.1 Å². The molecule has 0 aromatic carbocycles. The summed E-state index contributed by atoms with van der Waals surface area (Å²) in [7, 11) is 0. The smallest absolute Gasteiger partial charge is 0.355 e. The fraction of sp³-hybridized carbons (Fsp3) is 0.696. The first kappa shape index (κ1) is 20.7. The van der Waals surface area contributed by atoms with E-state index in [0.29, 0.717) is 33.4 Å².